The third-order valence-corrected chi connectivity index (χ3v) is 2.37. The molecule has 2 rings (SSSR count). The van der Waals surface area contributed by atoms with Gasteiger partial charge in [0.2, 0.25) is 0 Å². The van der Waals surface area contributed by atoms with Gasteiger partial charge >= 0.3 is 0 Å². The fourth-order valence-corrected chi connectivity index (χ4v) is 1.57. The summed E-state index contributed by atoms with van der Waals surface area (Å²) in [5.41, 5.74) is 1.84. The molecular weight excluding hydrogens is 176 g/mol. The van der Waals surface area contributed by atoms with Gasteiger partial charge in [-0.05, 0) is 24.3 Å². The van der Waals surface area contributed by atoms with E-state index in [-0.39, 0.29) is 5.91 Å². The van der Waals surface area contributed by atoms with Crippen molar-refractivity contribution in [2.45, 2.75) is 0 Å². The average Bonchev–Trinajstić information content (AvgIpc) is 2.59. The van der Waals surface area contributed by atoms with E-state index in [0.29, 0.717) is 5.56 Å². The minimum absolute atomic E-state index is 0.0456. The Morgan fingerprint density at radius 3 is 2.86 bits per heavy atom. The number of hydrogen-bond acceptors (Lipinski definition) is 1. The lowest BCUT2D eigenvalue weighted by molar-refractivity contribution is 0.0963. The van der Waals surface area contributed by atoms with Gasteiger partial charge < -0.3 is 9.88 Å². The van der Waals surface area contributed by atoms with Crippen LogP contribution in [-0.4, -0.2) is 17.5 Å². The molecule has 0 spiro atoms. The van der Waals surface area contributed by atoms with Gasteiger partial charge in [0.1, 0.15) is 0 Å². The lowest BCUT2D eigenvalue weighted by Crippen LogP contribution is -2.17. The fraction of sp³-hybridized carbons (Fsp3) is 0.182. The summed E-state index contributed by atoms with van der Waals surface area (Å²) in [6, 6.07) is 7.69. The van der Waals surface area contributed by atoms with Crippen molar-refractivity contribution in [3.63, 3.8) is 0 Å². The highest BCUT2D eigenvalue weighted by Gasteiger charge is 2.04. The first-order valence-corrected chi connectivity index (χ1v) is 4.49. The number of rotatable bonds is 1. The summed E-state index contributed by atoms with van der Waals surface area (Å²) in [6.07, 6.45) is 1.98. The minimum atomic E-state index is -0.0456. The van der Waals surface area contributed by atoms with Gasteiger partial charge in [0.25, 0.3) is 5.91 Å². The molecule has 72 valence electrons. The van der Waals surface area contributed by atoms with Crippen molar-refractivity contribution in [1.82, 2.24) is 9.88 Å². The summed E-state index contributed by atoms with van der Waals surface area (Å²) < 4.78 is 2.03. The van der Waals surface area contributed by atoms with Crippen LogP contribution in [0.15, 0.2) is 30.5 Å². The van der Waals surface area contributed by atoms with E-state index < -0.39 is 0 Å². The lowest BCUT2D eigenvalue weighted by atomic mass is 10.1. The Kier molecular flexibility index (Phi) is 2.00. The van der Waals surface area contributed by atoms with Crippen LogP contribution in [0.1, 0.15) is 10.4 Å². The zero-order chi connectivity index (χ0) is 10.1. The summed E-state index contributed by atoms with van der Waals surface area (Å²) in [7, 11) is 3.62. The lowest BCUT2D eigenvalue weighted by Gasteiger charge is -2.00. The molecule has 1 N–H and O–H groups in total. The third-order valence-electron chi connectivity index (χ3n) is 2.37. The monoisotopic (exact) mass is 188 g/mol. The number of carbonyl (C=O) groups excluding carboxylic acids is 1. The SMILES string of the molecule is CNC(=O)c1ccc2c(ccn2C)c1. The van der Waals surface area contributed by atoms with Crippen LogP contribution in [0.2, 0.25) is 0 Å². The van der Waals surface area contributed by atoms with Gasteiger partial charge in [0, 0.05) is 36.8 Å². The highest BCUT2D eigenvalue weighted by Crippen LogP contribution is 2.16. The molecule has 1 aromatic heterocycles. The van der Waals surface area contributed by atoms with Crippen molar-refractivity contribution >= 4 is 16.8 Å². The second-order valence-electron chi connectivity index (χ2n) is 3.28. The van der Waals surface area contributed by atoms with E-state index in [9.17, 15) is 4.79 Å². The Labute approximate surface area is 82.3 Å². The fourth-order valence-electron chi connectivity index (χ4n) is 1.57. The van der Waals surface area contributed by atoms with E-state index in [4.69, 9.17) is 0 Å². The van der Waals surface area contributed by atoms with Gasteiger partial charge in [-0.2, -0.15) is 0 Å². The molecule has 1 heterocycles. The molecule has 0 saturated carbocycles. The molecule has 0 unspecified atom stereocenters. The first kappa shape index (κ1) is 8.81. The quantitative estimate of drug-likeness (QED) is 0.723. The number of hydrogen-bond donors (Lipinski definition) is 1. The third kappa shape index (κ3) is 1.27. The molecule has 0 aliphatic carbocycles. The summed E-state index contributed by atoms with van der Waals surface area (Å²) >= 11 is 0. The van der Waals surface area contributed by atoms with Crippen molar-refractivity contribution in [1.29, 1.82) is 0 Å². The summed E-state index contributed by atoms with van der Waals surface area (Å²) in [6.45, 7) is 0. The Hall–Kier alpha value is -1.77. The van der Waals surface area contributed by atoms with Gasteiger partial charge in [-0.15, -0.1) is 0 Å². The molecule has 0 atom stereocenters. The second-order valence-corrected chi connectivity index (χ2v) is 3.28. The molecule has 1 aromatic carbocycles. The zero-order valence-corrected chi connectivity index (χ0v) is 8.24. The topological polar surface area (TPSA) is 34.0 Å². The van der Waals surface area contributed by atoms with Crippen molar-refractivity contribution in [2.75, 3.05) is 7.05 Å². The van der Waals surface area contributed by atoms with E-state index in [1.54, 1.807) is 7.05 Å². The molecule has 2 aromatic rings. The molecule has 3 heteroatoms. The number of aryl methyl sites for hydroxylation is 1. The summed E-state index contributed by atoms with van der Waals surface area (Å²) in [5.74, 6) is -0.0456. The van der Waals surface area contributed by atoms with Crippen LogP contribution in [0.25, 0.3) is 10.9 Å². The van der Waals surface area contributed by atoms with Crippen molar-refractivity contribution in [3.8, 4) is 0 Å². The van der Waals surface area contributed by atoms with Crippen LogP contribution in [0, 0.1) is 0 Å². The van der Waals surface area contributed by atoms with Crippen LogP contribution >= 0.6 is 0 Å². The maximum absolute atomic E-state index is 11.3. The van der Waals surface area contributed by atoms with E-state index in [0.717, 1.165) is 10.9 Å². The summed E-state index contributed by atoms with van der Waals surface area (Å²) in [5, 5.41) is 3.70. The molecule has 0 radical (unpaired) electrons. The van der Waals surface area contributed by atoms with E-state index in [2.05, 4.69) is 5.32 Å². The standard InChI is InChI=1S/C11H12N2O/c1-12-11(14)9-3-4-10-8(7-9)5-6-13(10)2/h3-7H,1-2H3,(H,12,14). The number of aromatic nitrogens is 1. The van der Waals surface area contributed by atoms with E-state index in [1.807, 2.05) is 42.1 Å². The van der Waals surface area contributed by atoms with Gasteiger partial charge in [-0.1, -0.05) is 0 Å². The Bertz CT molecular complexity index is 485. The largest absolute Gasteiger partial charge is 0.355 e. The number of nitrogens with one attached hydrogen (secondary N) is 1. The van der Waals surface area contributed by atoms with Crippen LogP contribution in [0.4, 0.5) is 0 Å². The molecule has 14 heavy (non-hydrogen) atoms. The smallest absolute Gasteiger partial charge is 0.251 e. The maximum Gasteiger partial charge on any atom is 0.251 e. The summed E-state index contributed by atoms with van der Waals surface area (Å²) in [4.78, 5) is 11.3. The van der Waals surface area contributed by atoms with E-state index in [1.165, 1.54) is 0 Å². The predicted octanol–water partition coefficient (Wildman–Crippen LogP) is 1.54. The van der Waals surface area contributed by atoms with Crippen molar-refractivity contribution < 1.29 is 4.79 Å². The molecule has 0 aliphatic heterocycles. The Morgan fingerprint density at radius 1 is 1.36 bits per heavy atom. The van der Waals surface area contributed by atoms with Crippen LogP contribution < -0.4 is 5.32 Å². The van der Waals surface area contributed by atoms with Gasteiger partial charge in [0.05, 0.1) is 0 Å². The van der Waals surface area contributed by atoms with Crippen molar-refractivity contribution in [2.24, 2.45) is 7.05 Å². The van der Waals surface area contributed by atoms with Crippen LogP contribution in [0.3, 0.4) is 0 Å². The second kappa shape index (κ2) is 3.18. The molecule has 3 nitrogen and oxygen atoms in total. The van der Waals surface area contributed by atoms with Crippen molar-refractivity contribution in [3.05, 3.63) is 36.0 Å². The molecule has 1 amide bonds. The molecule has 0 fully saturated rings. The number of amides is 1. The highest BCUT2D eigenvalue weighted by atomic mass is 16.1. The number of carbonyl (C=O) groups is 1. The van der Waals surface area contributed by atoms with Gasteiger partial charge in [0.15, 0.2) is 0 Å². The number of fused-ring (bicyclic) bond motifs is 1. The number of nitrogens with zero attached hydrogens (tertiary/aromatic N) is 1. The molecule has 0 aliphatic rings. The molecule has 0 saturated heterocycles. The van der Waals surface area contributed by atoms with Gasteiger partial charge in [-0.3, -0.25) is 4.79 Å². The average molecular weight is 188 g/mol. The first-order chi connectivity index (χ1) is 6.72. The zero-order valence-electron chi connectivity index (χ0n) is 8.24. The first-order valence-electron chi connectivity index (χ1n) is 4.49. The normalized spacial score (nSPS) is 10.4. The molecular formula is C11H12N2O. The Balaban J connectivity index is 2.57. The van der Waals surface area contributed by atoms with Crippen LogP contribution in [0.5, 0.6) is 0 Å². The van der Waals surface area contributed by atoms with E-state index >= 15 is 0 Å². The Morgan fingerprint density at radius 2 is 2.14 bits per heavy atom. The minimum Gasteiger partial charge on any atom is -0.355 e. The molecule has 0 bridgehead atoms. The maximum atomic E-state index is 11.3. The number of benzene rings is 1. The highest BCUT2D eigenvalue weighted by molar-refractivity contribution is 5.97. The van der Waals surface area contributed by atoms with Crippen LogP contribution in [-0.2, 0) is 7.05 Å². The van der Waals surface area contributed by atoms with Gasteiger partial charge in [-0.25, -0.2) is 0 Å². The predicted molar refractivity (Wildman–Crippen MR) is 56.3 cm³/mol.